The van der Waals surface area contributed by atoms with Gasteiger partial charge in [-0.05, 0) is 66.6 Å². The average Bonchev–Trinajstić information content (AvgIpc) is 3.24. The van der Waals surface area contributed by atoms with Crippen molar-refractivity contribution in [2.75, 3.05) is 30.3 Å². The molecule has 0 spiro atoms. The number of aromatic nitrogens is 3. The van der Waals surface area contributed by atoms with Crippen LogP contribution in [0.4, 0.5) is 11.9 Å². The number of rotatable bonds is 8. The quantitative estimate of drug-likeness (QED) is 0.385. The number of carboxylic acids is 1. The molecule has 0 atom stereocenters. The van der Waals surface area contributed by atoms with Crippen LogP contribution < -0.4 is 16.0 Å². The largest absolute Gasteiger partial charge is 0.478 e. The summed E-state index contributed by atoms with van der Waals surface area (Å²) in [5, 5.41) is 20.3. The van der Waals surface area contributed by atoms with E-state index >= 15 is 0 Å². The highest BCUT2D eigenvalue weighted by Crippen LogP contribution is 2.33. The molecule has 2 heterocycles. The van der Waals surface area contributed by atoms with Crippen molar-refractivity contribution in [1.82, 2.24) is 20.5 Å². The molecule has 0 unspecified atom stereocenters. The van der Waals surface area contributed by atoms with Gasteiger partial charge < -0.3 is 21.1 Å². The van der Waals surface area contributed by atoms with Gasteiger partial charge in [-0.25, -0.2) is 9.89 Å². The first-order chi connectivity index (χ1) is 15.5. The van der Waals surface area contributed by atoms with Gasteiger partial charge >= 0.3 is 5.97 Å². The van der Waals surface area contributed by atoms with Crippen LogP contribution in [0, 0.1) is 0 Å². The number of halogens is 1. The number of aromatic amines is 1. The SMILES string of the molecule is Nc1nc(N2CCC(c3cc(Cl)ccc3CCNCc3ccccc3C(=O)O)CC2)n[nH]1. The van der Waals surface area contributed by atoms with E-state index < -0.39 is 5.97 Å². The molecule has 168 valence electrons. The molecule has 5 N–H and O–H groups in total. The number of carboxylic acid groups (broad SMARTS) is 1. The van der Waals surface area contributed by atoms with E-state index in [1.54, 1.807) is 12.1 Å². The van der Waals surface area contributed by atoms with Crippen LogP contribution in [0.25, 0.3) is 0 Å². The summed E-state index contributed by atoms with van der Waals surface area (Å²) in [6.45, 7) is 2.98. The van der Waals surface area contributed by atoms with Crippen molar-refractivity contribution in [1.29, 1.82) is 0 Å². The zero-order valence-corrected chi connectivity index (χ0v) is 18.5. The number of H-pyrrole nitrogens is 1. The monoisotopic (exact) mass is 454 g/mol. The number of anilines is 2. The summed E-state index contributed by atoms with van der Waals surface area (Å²) in [5.74, 6) is 0.501. The molecular formula is C23H27ClN6O2. The van der Waals surface area contributed by atoms with Crippen molar-refractivity contribution in [3.63, 3.8) is 0 Å². The van der Waals surface area contributed by atoms with Crippen LogP contribution in [0.5, 0.6) is 0 Å². The first-order valence-electron chi connectivity index (χ1n) is 10.7. The Balaban J connectivity index is 1.36. The fourth-order valence-corrected chi connectivity index (χ4v) is 4.48. The number of hydrogen-bond acceptors (Lipinski definition) is 6. The fraction of sp³-hybridized carbons (Fsp3) is 0.348. The third kappa shape index (κ3) is 5.20. The fourth-order valence-electron chi connectivity index (χ4n) is 4.30. The first-order valence-corrected chi connectivity index (χ1v) is 11.1. The van der Waals surface area contributed by atoms with Crippen LogP contribution in [0.2, 0.25) is 5.02 Å². The molecule has 9 heteroatoms. The van der Waals surface area contributed by atoms with E-state index in [1.807, 2.05) is 18.2 Å². The van der Waals surface area contributed by atoms with Crippen molar-refractivity contribution < 1.29 is 9.90 Å². The molecule has 32 heavy (non-hydrogen) atoms. The number of benzene rings is 2. The second-order valence-corrected chi connectivity index (χ2v) is 8.45. The molecule has 1 saturated heterocycles. The minimum Gasteiger partial charge on any atom is -0.478 e. The van der Waals surface area contributed by atoms with Gasteiger partial charge in [-0.2, -0.15) is 4.98 Å². The summed E-state index contributed by atoms with van der Waals surface area (Å²) < 4.78 is 0. The Kier molecular flexibility index (Phi) is 6.92. The Hall–Kier alpha value is -3.10. The molecule has 1 fully saturated rings. The maximum atomic E-state index is 11.4. The number of nitrogens with two attached hydrogens (primary N) is 1. The van der Waals surface area contributed by atoms with E-state index in [-0.39, 0.29) is 0 Å². The third-order valence-corrected chi connectivity index (χ3v) is 6.19. The molecule has 2 aromatic carbocycles. The van der Waals surface area contributed by atoms with Crippen LogP contribution in [-0.2, 0) is 13.0 Å². The average molecular weight is 455 g/mol. The molecule has 4 rings (SSSR count). The summed E-state index contributed by atoms with van der Waals surface area (Å²) in [5.41, 5.74) is 9.34. The lowest BCUT2D eigenvalue weighted by atomic mass is 9.85. The molecule has 1 aromatic heterocycles. The Morgan fingerprint density at radius 1 is 1.22 bits per heavy atom. The summed E-state index contributed by atoms with van der Waals surface area (Å²) in [6.07, 6.45) is 2.82. The van der Waals surface area contributed by atoms with Crippen LogP contribution >= 0.6 is 11.6 Å². The summed E-state index contributed by atoms with van der Waals surface area (Å²) in [4.78, 5) is 17.8. The van der Waals surface area contributed by atoms with E-state index in [0.29, 0.717) is 29.9 Å². The van der Waals surface area contributed by atoms with E-state index in [0.717, 1.165) is 49.5 Å². The van der Waals surface area contributed by atoms with E-state index in [4.69, 9.17) is 17.3 Å². The second kappa shape index (κ2) is 10.0. The number of nitrogens with one attached hydrogen (secondary N) is 2. The van der Waals surface area contributed by atoms with Crippen LogP contribution in [0.3, 0.4) is 0 Å². The highest BCUT2D eigenvalue weighted by atomic mass is 35.5. The highest BCUT2D eigenvalue weighted by molar-refractivity contribution is 6.30. The van der Waals surface area contributed by atoms with E-state index in [9.17, 15) is 9.90 Å². The highest BCUT2D eigenvalue weighted by Gasteiger charge is 2.24. The Morgan fingerprint density at radius 2 is 2.00 bits per heavy atom. The van der Waals surface area contributed by atoms with Crippen molar-refractivity contribution in [3.8, 4) is 0 Å². The molecule has 0 saturated carbocycles. The number of hydrogen-bond donors (Lipinski definition) is 4. The van der Waals surface area contributed by atoms with Gasteiger partial charge in [0.15, 0.2) is 0 Å². The minimum atomic E-state index is -0.901. The predicted octanol–water partition coefficient (Wildman–Crippen LogP) is 3.45. The predicted molar refractivity (Wildman–Crippen MR) is 125 cm³/mol. The van der Waals surface area contributed by atoms with Crippen molar-refractivity contribution in [2.45, 2.75) is 31.7 Å². The third-order valence-electron chi connectivity index (χ3n) is 5.95. The molecule has 3 aromatic rings. The molecule has 8 nitrogen and oxygen atoms in total. The van der Waals surface area contributed by atoms with Crippen molar-refractivity contribution >= 4 is 29.5 Å². The van der Waals surface area contributed by atoms with Crippen molar-refractivity contribution in [2.24, 2.45) is 0 Å². The van der Waals surface area contributed by atoms with Gasteiger partial charge in [0.25, 0.3) is 0 Å². The lowest BCUT2D eigenvalue weighted by Gasteiger charge is -2.32. The Labute approximate surface area is 191 Å². The number of aromatic carboxylic acids is 1. The summed E-state index contributed by atoms with van der Waals surface area (Å²) in [7, 11) is 0. The van der Waals surface area contributed by atoms with Gasteiger partial charge in [-0.15, -0.1) is 5.10 Å². The molecule has 1 aliphatic heterocycles. The second-order valence-electron chi connectivity index (χ2n) is 8.01. The van der Waals surface area contributed by atoms with E-state index in [2.05, 4.69) is 37.5 Å². The topological polar surface area (TPSA) is 120 Å². The standard InChI is InChI=1S/C23H27ClN6O2/c24-18-6-5-15(7-10-26-14-17-3-1-2-4-19(17)21(31)32)20(13-18)16-8-11-30(12-9-16)23-27-22(25)28-29-23/h1-6,13,16,26H,7-12,14H2,(H,31,32)(H3,25,27,28,29). The van der Waals surface area contributed by atoms with Crippen LogP contribution in [-0.4, -0.2) is 45.9 Å². The maximum absolute atomic E-state index is 11.4. The number of nitrogens with zero attached hydrogens (tertiary/aromatic N) is 3. The smallest absolute Gasteiger partial charge is 0.336 e. The molecule has 0 amide bonds. The van der Waals surface area contributed by atoms with Gasteiger partial charge in [0, 0.05) is 24.7 Å². The zero-order valence-electron chi connectivity index (χ0n) is 17.7. The lowest BCUT2D eigenvalue weighted by molar-refractivity contribution is 0.0695. The molecule has 0 bridgehead atoms. The summed E-state index contributed by atoms with van der Waals surface area (Å²) >= 11 is 6.33. The lowest BCUT2D eigenvalue weighted by Crippen LogP contribution is -2.34. The summed E-state index contributed by atoms with van der Waals surface area (Å²) in [6, 6.07) is 13.2. The van der Waals surface area contributed by atoms with Gasteiger partial charge in [-0.1, -0.05) is 35.9 Å². The molecule has 1 aliphatic rings. The Morgan fingerprint density at radius 3 is 2.72 bits per heavy atom. The van der Waals surface area contributed by atoms with Crippen LogP contribution in [0.1, 0.15) is 45.8 Å². The molecule has 0 aliphatic carbocycles. The number of nitrogen functional groups attached to an aromatic ring is 1. The van der Waals surface area contributed by atoms with Gasteiger partial charge in [0.2, 0.25) is 11.9 Å². The first kappa shape index (κ1) is 22.1. The van der Waals surface area contributed by atoms with Crippen LogP contribution in [0.15, 0.2) is 42.5 Å². The zero-order chi connectivity index (χ0) is 22.5. The van der Waals surface area contributed by atoms with Crippen molar-refractivity contribution in [3.05, 3.63) is 69.7 Å². The molecule has 0 radical (unpaired) electrons. The molecular weight excluding hydrogens is 428 g/mol. The van der Waals surface area contributed by atoms with E-state index in [1.165, 1.54) is 11.1 Å². The van der Waals surface area contributed by atoms with Gasteiger partial charge in [0.05, 0.1) is 5.56 Å². The number of carbonyl (C=O) groups is 1. The minimum absolute atomic E-state index is 0.331. The normalized spacial score (nSPS) is 14.6. The van der Waals surface area contributed by atoms with Gasteiger partial charge in [0.1, 0.15) is 0 Å². The maximum Gasteiger partial charge on any atom is 0.336 e. The Bertz CT molecular complexity index is 1080. The number of piperidine rings is 1. The van der Waals surface area contributed by atoms with Gasteiger partial charge in [-0.3, -0.25) is 0 Å².